The SMILES string of the molecule is COc1ccc(C(=O)C2CC3CCCCC3N2)cc1OC. The Morgan fingerprint density at radius 2 is 1.90 bits per heavy atom. The number of ether oxygens (including phenoxy) is 2. The highest BCUT2D eigenvalue weighted by atomic mass is 16.5. The number of methoxy groups -OCH3 is 2. The van der Waals surface area contributed by atoms with E-state index in [9.17, 15) is 4.79 Å². The summed E-state index contributed by atoms with van der Waals surface area (Å²) in [6.45, 7) is 0. The molecule has 1 aromatic rings. The van der Waals surface area contributed by atoms with E-state index in [1.165, 1.54) is 25.7 Å². The Kier molecular flexibility index (Phi) is 4.15. The fraction of sp³-hybridized carbons (Fsp3) is 0.588. The molecule has 21 heavy (non-hydrogen) atoms. The molecule has 1 aliphatic carbocycles. The van der Waals surface area contributed by atoms with Crippen molar-refractivity contribution in [1.29, 1.82) is 0 Å². The van der Waals surface area contributed by atoms with Gasteiger partial charge in [0, 0.05) is 11.6 Å². The maximum absolute atomic E-state index is 12.7. The summed E-state index contributed by atoms with van der Waals surface area (Å²) in [5.74, 6) is 2.11. The highest BCUT2D eigenvalue weighted by Crippen LogP contribution is 2.35. The molecule has 1 aliphatic heterocycles. The van der Waals surface area contributed by atoms with Crippen LogP contribution < -0.4 is 14.8 Å². The van der Waals surface area contributed by atoms with E-state index >= 15 is 0 Å². The van der Waals surface area contributed by atoms with E-state index in [-0.39, 0.29) is 11.8 Å². The molecule has 3 atom stereocenters. The van der Waals surface area contributed by atoms with Crippen molar-refractivity contribution in [2.75, 3.05) is 14.2 Å². The van der Waals surface area contributed by atoms with Crippen LogP contribution in [0.15, 0.2) is 18.2 Å². The minimum Gasteiger partial charge on any atom is -0.493 e. The van der Waals surface area contributed by atoms with Crippen LogP contribution in [0, 0.1) is 5.92 Å². The monoisotopic (exact) mass is 289 g/mol. The van der Waals surface area contributed by atoms with Crippen molar-refractivity contribution < 1.29 is 14.3 Å². The standard InChI is InChI=1S/C17H23NO3/c1-20-15-8-7-12(10-16(15)21-2)17(19)14-9-11-5-3-4-6-13(11)18-14/h7-8,10-11,13-14,18H,3-6,9H2,1-2H3. The molecular weight excluding hydrogens is 266 g/mol. The maximum Gasteiger partial charge on any atom is 0.179 e. The van der Waals surface area contributed by atoms with E-state index in [2.05, 4.69) is 5.32 Å². The zero-order chi connectivity index (χ0) is 14.8. The summed E-state index contributed by atoms with van der Waals surface area (Å²) in [6, 6.07) is 5.90. The Balaban J connectivity index is 1.76. The molecule has 4 heteroatoms. The summed E-state index contributed by atoms with van der Waals surface area (Å²) in [4.78, 5) is 12.7. The number of benzene rings is 1. The van der Waals surface area contributed by atoms with Gasteiger partial charge in [0.1, 0.15) is 0 Å². The Morgan fingerprint density at radius 1 is 1.14 bits per heavy atom. The molecule has 3 unspecified atom stereocenters. The third kappa shape index (κ3) is 2.77. The Hall–Kier alpha value is -1.55. The van der Waals surface area contributed by atoms with Crippen LogP contribution >= 0.6 is 0 Å². The van der Waals surface area contributed by atoms with E-state index < -0.39 is 0 Å². The van der Waals surface area contributed by atoms with Crippen molar-refractivity contribution in [2.45, 2.75) is 44.2 Å². The van der Waals surface area contributed by atoms with Gasteiger partial charge in [-0.15, -0.1) is 0 Å². The minimum absolute atomic E-state index is 0.0452. The molecule has 0 aromatic heterocycles. The molecule has 1 aromatic carbocycles. The normalized spacial score (nSPS) is 28.0. The van der Waals surface area contributed by atoms with Gasteiger partial charge in [-0.05, 0) is 43.4 Å². The smallest absolute Gasteiger partial charge is 0.179 e. The van der Waals surface area contributed by atoms with Gasteiger partial charge in [0.2, 0.25) is 0 Å². The molecule has 2 fully saturated rings. The number of carbonyl (C=O) groups is 1. The number of rotatable bonds is 4. The topological polar surface area (TPSA) is 47.6 Å². The molecule has 1 N–H and O–H groups in total. The summed E-state index contributed by atoms with van der Waals surface area (Å²) in [7, 11) is 3.19. The lowest BCUT2D eigenvalue weighted by atomic mass is 9.84. The van der Waals surface area contributed by atoms with Crippen LogP contribution in [0.2, 0.25) is 0 Å². The van der Waals surface area contributed by atoms with Gasteiger partial charge in [0.15, 0.2) is 17.3 Å². The summed E-state index contributed by atoms with van der Waals surface area (Å²) >= 11 is 0. The number of carbonyl (C=O) groups excluding carboxylic acids is 1. The van der Waals surface area contributed by atoms with Gasteiger partial charge in [-0.25, -0.2) is 0 Å². The average molecular weight is 289 g/mol. The number of hydrogen-bond acceptors (Lipinski definition) is 4. The Morgan fingerprint density at radius 3 is 2.62 bits per heavy atom. The molecule has 0 spiro atoms. The zero-order valence-electron chi connectivity index (χ0n) is 12.7. The third-order valence-corrected chi connectivity index (χ3v) is 4.85. The van der Waals surface area contributed by atoms with Crippen LogP contribution in [0.4, 0.5) is 0 Å². The second kappa shape index (κ2) is 6.06. The van der Waals surface area contributed by atoms with Gasteiger partial charge < -0.3 is 14.8 Å². The van der Waals surface area contributed by atoms with Crippen molar-refractivity contribution in [3.05, 3.63) is 23.8 Å². The number of fused-ring (bicyclic) bond motifs is 1. The minimum atomic E-state index is -0.0452. The highest BCUT2D eigenvalue weighted by molar-refractivity contribution is 6.00. The molecule has 2 aliphatic rings. The lowest BCUT2D eigenvalue weighted by Crippen LogP contribution is -2.37. The molecular formula is C17H23NO3. The molecule has 3 rings (SSSR count). The lowest BCUT2D eigenvalue weighted by molar-refractivity contribution is 0.0948. The molecule has 0 amide bonds. The van der Waals surface area contributed by atoms with E-state index in [0.29, 0.717) is 29.0 Å². The molecule has 114 valence electrons. The van der Waals surface area contributed by atoms with Crippen LogP contribution in [0.5, 0.6) is 11.5 Å². The summed E-state index contributed by atoms with van der Waals surface area (Å²) in [6.07, 6.45) is 6.02. The van der Waals surface area contributed by atoms with Gasteiger partial charge in [-0.3, -0.25) is 4.79 Å². The number of nitrogens with one attached hydrogen (secondary N) is 1. The quantitative estimate of drug-likeness (QED) is 0.866. The predicted molar refractivity (Wildman–Crippen MR) is 81.2 cm³/mol. The van der Waals surface area contributed by atoms with E-state index in [1.54, 1.807) is 26.4 Å². The van der Waals surface area contributed by atoms with E-state index in [1.807, 2.05) is 6.07 Å². The summed E-state index contributed by atoms with van der Waals surface area (Å²) in [5, 5.41) is 3.54. The largest absolute Gasteiger partial charge is 0.493 e. The van der Waals surface area contributed by atoms with Crippen molar-refractivity contribution >= 4 is 5.78 Å². The Bertz CT molecular complexity index is 515. The van der Waals surface area contributed by atoms with Gasteiger partial charge in [0.25, 0.3) is 0 Å². The molecule has 1 saturated carbocycles. The number of ketones is 1. The fourth-order valence-electron chi connectivity index (χ4n) is 3.71. The zero-order valence-corrected chi connectivity index (χ0v) is 12.7. The number of hydrogen-bond donors (Lipinski definition) is 1. The Labute approximate surface area is 125 Å². The average Bonchev–Trinajstić information content (AvgIpc) is 2.97. The molecule has 1 heterocycles. The van der Waals surface area contributed by atoms with Gasteiger partial charge in [0.05, 0.1) is 20.3 Å². The summed E-state index contributed by atoms with van der Waals surface area (Å²) < 4.78 is 10.5. The third-order valence-electron chi connectivity index (χ3n) is 4.85. The molecule has 4 nitrogen and oxygen atoms in total. The van der Waals surface area contributed by atoms with Crippen molar-refractivity contribution in [1.82, 2.24) is 5.32 Å². The van der Waals surface area contributed by atoms with Crippen LogP contribution in [-0.4, -0.2) is 32.1 Å². The van der Waals surface area contributed by atoms with Crippen LogP contribution in [-0.2, 0) is 0 Å². The molecule has 0 radical (unpaired) electrons. The van der Waals surface area contributed by atoms with Crippen LogP contribution in [0.25, 0.3) is 0 Å². The van der Waals surface area contributed by atoms with Gasteiger partial charge in [-0.1, -0.05) is 12.8 Å². The molecule has 0 bridgehead atoms. The van der Waals surface area contributed by atoms with Crippen molar-refractivity contribution in [2.24, 2.45) is 5.92 Å². The lowest BCUT2D eigenvalue weighted by Gasteiger charge is -2.24. The first-order valence-electron chi connectivity index (χ1n) is 7.75. The van der Waals surface area contributed by atoms with E-state index in [0.717, 1.165) is 6.42 Å². The number of Topliss-reactive ketones (excluding diaryl/α,β-unsaturated/α-hetero) is 1. The molecule has 1 saturated heterocycles. The van der Waals surface area contributed by atoms with Crippen molar-refractivity contribution in [3.63, 3.8) is 0 Å². The van der Waals surface area contributed by atoms with Gasteiger partial charge >= 0.3 is 0 Å². The maximum atomic E-state index is 12.7. The highest BCUT2D eigenvalue weighted by Gasteiger charge is 2.38. The van der Waals surface area contributed by atoms with Crippen LogP contribution in [0.3, 0.4) is 0 Å². The first kappa shape index (κ1) is 14.4. The first-order valence-corrected chi connectivity index (χ1v) is 7.75. The van der Waals surface area contributed by atoms with E-state index in [4.69, 9.17) is 9.47 Å². The fourth-order valence-corrected chi connectivity index (χ4v) is 3.71. The summed E-state index contributed by atoms with van der Waals surface area (Å²) in [5.41, 5.74) is 0.698. The second-order valence-corrected chi connectivity index (χ2v) is 6.04. The predicted octanol–water partition coefficient (Wildman–Crippen LogP) is 2.81. The first-order chi connectivity index (χ1) is 10.2. The van der Waals surface area contributed by atoms with Crippen molar-refractivity contribution in [3.8, 4) is 11.5 Å². The van der Waals surface area contributed by atoms with Gasteiger partial charge in [-0.2, -0.15) is 0 Å². The second-order valence-electron chi connectivity index (χ2n) is 6.04. The van der Waals surface area contributed by atoms with Crippen LogP contribution in [0.1, 0.15) is 42.5 Å².